The van der Waals surface area contributed by atoms with Gasteiger partial charge in [-0.15, -0.1) is 0 Å². The first-order valence-corrected chi connectivity index (χ1v) is 7.51. The lowest BCUT2D eigenvalue weighted by atomic mass is 9.80. The Bertz CT molecular complexity index is 449. The predicted molar refractivity (Wildman–Crippen MR) is 81.8 cm³/mol. The summed E-state index contributed by atoms with van der Waals surface area (Å²) in [4.78, 5) is 8.37. The van der Waals surface area contributed by atoms with Gasteiger partial charge in [-0.25, -0.2) is 4.98 Å². The Labute approximate surface area is 121 Å². The van der Waals surface area contributed by atoms with Crippen molar-refractivity contribution < 1.29 is 4.74 Å². The summed E-state index contributed by atoms with van der Waals surface area (Å²) in [6.07, 6.45) is 5.22. The maximum atomic E-state index is 6.11. The van der Waals surface area contributed by atoms with Gasteiger partial charge in [0.25, 0.3) is 0 Å². The Balaban J connectivity index is 2.09. The number of nitrogen functional groups attached to an aromatic ring is 1. The molecule has 2 rings (SSSR count). The second-order valence-corrected chi connectivity index (χ2v) is 6.25. The van der Waals surface area contributed by atoms with E-state index in [-0.39, 0.29) is 6.10 Å². The van der Waals surface area contributed by atoms with Crippen LogP contribution in [-0.4, -0.2) is 22.1 Å². The first-order valence-electron chi connectivity index (χ1n) is 7.51. The van der Waals surface area contributed by atoms with Crippen LogP contribution < -0.4 is 15.8 Å². The van der Waals surface area contributed by atoms with Gasteiger partial charge in [0.15, 0.2) is 5.82 Å². The zero-order valence-corrected chi connectivity index (χ0v) is 12.9. The summed E-state index contributed by atoms with van der Waals surface area (Å²) >= 11 is 0. The molecule has 1 fully saturated rings. The molecule has 3 unspecified atom stereocenters. The molecule has 1 aliphatic carbocycles. The van der Waals surface area contributed by atoms with Crippen LogP contribution in [0.2, 0.25) is 0 Å². The third-order valence-electron chi connectivity index (χ3n) is 3.95. The molecule has 1 aromatic heterocycles. The number of aromatic nitrogens is 2. The molecule has 0 aromatic carbocycles. The number of hydrogen-bond donors (Lipinski definition) is 2. The molecule has 0 spiro atoms. The number of nitrogens with one attached hydrogen (secondary N) is 1. The quantitative estimate of drug-likeness (QED) is 0.885. The van der Waals surface area contributed by atoms with Crippen molar-refractivity contribution in [3.05, 3.63) is 6.33 Å². The molecule has 20 heavy (non-hydrogen) atoms. The van der Waals surface area contributed by atoms with E-state index < -0.39 is 0 Å². The van der Waals surface area contributed by atoms with E-state index in [0.29, 0.717) is 29.3 Å². The highest BCUT2D eigenvalue weighted by molar-refractivity contribution is 5.66. The standard InChI is InChI=1S/C15H26N4O/c1-9(2)20-15-13(16)14(17-8-18-15)19-12-6-5-10(3)7-11(12)4/h8-12H,5-7,16H2,1-4H3,(H,17,18,19). The molecule has 5 heteroatoms. The Hall–Kier alpha value is -1.52. The van der Waals surface area contributed by atoms with E-state index in [1.54, 1.807) is 0 Å². The van der Waals surface area contributed by atoms with Gasteiger partial charge in [0.05, 0.1) is 6.10 Å². The second kappa shape index (κ2) is 6.29. The summed E-state index contributed by atoms with van der Waals surface area (Å²) in [5.74, 6) is 2.60. The molecule has 3 N–H and O–H groups in total. The average Bonchev–Trinajstić information content (AvgIpc) is 2.36. The van der Waals surface area contributed by atoms with Crippen molar-refractivity contribution in [3.8, 4) is 5.88 Å². The molecular weight excluding hydrogens is 252 g/mol. The van der Waals surface area contributed by atoms with Gasteiger partial charge in [-0.3, -0.25) is 0 Å². The Kier molecular flexibility index (Phi) is 4.68. The second-order valence-electron chi connectivity index (χ2n) is 6.25. The smallest absolute Gasteiger partial charge is 0.242 e. The third kappa shape index (κ3) is 3.52. The van der Waals surface area contributed by atoms with Gasteiger partial charge in [-0.2, -0.15) is 4.98 Å². The Morgan fingerprint density at radius 1 is 1.30 bits per heavy atom. The molecule has 0 radical (unpaired) electrons. The molecule has 112 valence electrons. The Morgan fingerprint density at radius 2 is 2.05 bits per heavy atom. The van der Waals surface area contributed by atoms with Crippen molar-refractivity contribution >= 4 is 11.5 Å². The van der Waals surface area contributed by atoms with Crippen molar-refractivity contribution in [1.82, 2.24) is 9.97 Å². The highest BCUT2D eigenvalue weighted by Crippen LogP contribution is 2.33. The van der Waals surface area contributed by atoms with Crippen molar-refractivity contribution in [2.45, 2.75) is 59.1 Å². The van der Waals surface area contributed by atoms with Crippen LogP contribution in [0.1, 0.15) is 47.0 Å². The monoisotopic (exact) mass is 278 g/mol. The molecule has 5 nitrogen and oxygen atoms in total. The molecule has 3 atom stereocenters. The lowest BCUT2D eigenvalue weighted by molar-refractivity contribution is 0.233. The van der Waals surface area contributed by atoms with Crippen LogP contribution in [0.15, 0.2) is 6.33 Å². The molecular formula is C15H26N4O. The number of anilines is 2. The maximum absolute atomic E-state index is 6.11. The number of nitrogens with zero attached hydrogens (tertiary/aromatic N) is 2. The van der Waals surface area contributed by atoms with E-state index in [4.69, 9.17) is 10.5 Å². The van der Waals surface area contributed by atoms with Crippen LogP contribution in [0.25, 0.3) is 0 Å². The van der Waals surface area contributed by atoms with Gasteiger partial charge in [-0.05, 0) is 44.9 Å². The first-order chi connectivity index (χ1) is 9.47. The molecule has 0 saturated heterocycles. The maximum Gasteiger partial charge on any atom is 0.242 e. The molecule has 0 aliphatic heterocycles. The molecule has 1 aliphatic rings. The van der Waals surface area contributed by atoms with Crippen molar-refractivity contribution in [3.63, 3.8) is 0 Å². The van der Waals surface area contributed by atoms with E-state index in [1.165, 1.54) is 19.2 Å². The number of hydrogen-bond acceptors (Lipinski definition) is 5. The average molecular weight is 278 g/mol. The van der Waals surface area contributed by atoms with E-state index in [1.807, 2.05) is 13.8 Å². The third-order valence-corrected chi connectivity index (χ3v) is 3.95. The molecule has 1 heterocycles. The summed E-state index contributed by atoms with van der Waals surface area (Å²) in [5.41, 5.74) is 6.62. The summed E-state index contributed by atoms with van der Waals surface area (Å²) in [5, 5.41) is 3.48. The van der Waals surface area contributed by atoms with Crippen LogP contribution in [0, 0.1) is 11.8 Å². The molecule has 1 saturated carbocycles. The van der Waals surface area contributed by atoms with Gasteiger partial charge in [-0.1, -0.05) is 13.8 Å². The van der Waals surface area contributed by atoms with E-state index in [0.717, 1.165) is 12.3 Å². The lowest BCUT2D eigenvalue weighted by Gasteiger charge is -2.33. The van der Waals surface area contributed by atoms with E-state index in [2.05, 4.69) is 29.1 Å². The number of rotatable bonds is 4. The minimum atomic E-state index is 0.0505. The predicted octanol–water partition coefficient (Wildman–Crippen LogP) is 3.08. The van der Waals surface area contributed by atoms with Gasteiger partial charge < -0.3 is 15.8 Å². The van der Waals surface area contributed by atoms with Crippen molar-refractivity contribution in [2.75, 3.05) is 11.1 Å². The minimum Gasteiger partial charge on any atom is -0.473 e. The van der Waals surface area contributed by atoms with Crippen LogP contribution in [-0.2, 0) is 0 Å². The van der Waals surface area contributed by atoms with Crippen LogP contribution in [0.3, 0.4) is 0 Å². The Morgan fingerprint density at radius 3 is 2.70 bits per heavy atom. The van der Waals surface area contributed by atoms with Gasteiger partial charge in [0.1, 0.15) is 12.0 Å². The SMILES string of the molecule is CC1CCC(Nc2ncnc(OC(C)C)c2N)C(C)C1. The highest BCUT2D eigenvalue weighted by Gasteiger charge is 2.26. The summed E-state index contributed by atoms with van der Waals surface area (Å²) in [6, 6.07) is 0.426. The molecule has 1 aromatic rings. The van der Waals surface area contributed by atoms with Gasteiger partial charge in [0, 0.05) is 6.04 Å². The highest BCUT2D eigenvalue weighted by atomic mass is 16.5. The topological polar surface area (TPSA) is 73.1 Å². The fourth-order valence-electron chi connectivity index (χ4n) is 2.87. The normalized spacial score (nSPS) is 26.6. The van der Waals surface area contributed by atoms with Crippen molar-refractivity contribution in [2.24, 2.45) is 11.8 Å². The number of ether oxygens (including phenoxy) is 1. The zero-order chi connectivity index (χ0) is 14.7. The van der Waals surface area contributed by atoms with Crippen LogP contribution in [0.4, 0.5) is 11.5 Å². The summed E-state index contributed by atoms with van der Waals surface area (Å²) in [6.45, 7) is 8.52. The number of nitrogens with two attached hydrogens (primary N) is 1. The van der Waals surface area contributed by atoms with E-state index in [9.17, 15) is 0 Å². The molecule has 0 amide bonds. The van der Waals surface area contributed by atoms with Gasteiger partial charge in [0.2, 0.25) is 5.88 Å². The first kappa shape index (κ1) is 14.9. The van der Waals surface area contributed by atoms with E-state index >= 15 is 0 Å². The van der Waals surface area contributed by atoms with Gasteiger partial charge >= 0.3 is 0 Å². The lowest BCUT2D eigenvalue weighted by Crippen LogP contribution is -2.33. The van der Waals surface area contributed by atoms with Crippen LogP contribution >= 0.6 is 0 Å². The fourth-order valence-corrected chi connectivity index (χ4v) is 2.87. The summed E-state index contributed by atoms with van der Waals surface area (Å²) < 4.78 is 5.60. The fraction of sp³-hybridized carbons (Fsp3) is 0.733. The van der Waals surface area contributed by atoms with Crippen molar-refractivity contribution in [1.29, 1.82) is 0 Å². The largest absolute Gasteiger partial charge is 0.473 e. The molecule has 0 bridgehead atoms. The van der Waals surface area contributed by atoms with Crippen LogP contribution in [0.5, 0.6) is 5.88 Å². The zero-order valence-electron chi connectivity index (χ0n) is 12.9. The minimum absolute atomic E-state index is 0.0505. The summed E-state index contributed by atoms with van der Waals surface area (Å²) in [7, 11) is 0.